The minimum absolute atomic E-state index is 0.0887. The molecule has 0 aromatic carbocycles. The van der Waals surface area contributed by atoms with E-state index in [1.807, 2.05) is 6.92 Å². The van der Waals surface area contributed by atoms with Crippen LogP contribution in [0.1, 0.15) is 19.8 Å². The van der Waals surface area contributed by atoms with Crippen LogP contribution >= 0.6 is 0 Å². The molecule has 0 saturated heterocycles. The molecule has 0 heterocycles. The first-order valence-electron chi connectivity index (χ1n) is 5.79. The Morgan fingerprint density at radius 2 is 1.82 bits per heavy atom. The van der Waals surface area contributed by atoms with Gasteiger partial charge in [-0.1, -0.05) is 6.92 Å². The van der Waals surface area contributed by atoms with E-state index in [4.69, 9.17) is 8.92 Å². The Kier molecular flexibility index (Phi) is 3.20. The number of ether oxygens (including phenoxy) is 1. The Balaban J connectivity index is 1.85. The van der Waals surface area contributed by atoms with Gasteiger partial charge in [0.15, 0.2) is 0 Å². The SMILES string of the molecule is COC(=O)C(C)[C@H]1[C@@H]2C[C@H](OS(C)(=O)=O)C[C@@H]21. The van der Waals surface area contributed by atoms with Gasteiger partial charge in [-0.05, 0) is 30.6 Å². The van der Waals surface area contributed by atoms with E-state index in [1.54, 1.807) is 0 Å². The molecule has 2 aliphatic rings. The standard InChI is InChI=1S/C11H18O5S/c1-6(11(12)15-2)10-8-4-7(5-9(8)10)16-17(3,13)14/h6-10H,4-5H2,1-3H3/t6?,7-,8+,9-,10-. The lowest BCUT2D eigenvalue weighted by Gasteiger charge is -2.16. The third kappa shape index (κ3) is 2.63. The number of fused-ring (bicyclic) bond motifs is 1. The van der Waals surface area contributed by atoms with Gasteiger partial charge in [-0.3, -0.25) is 8.98 Å². The summed E-state index contributed by atoms with van der Waals surface area (Å²) < 4.78 is 31.7. The van der Waals surface area contributed by atoms with E-state index in [2.05, 4.69) is 0 Å². The molecule has 5 nitrogen and oxygen atoms in total. The van der Waals surface area contributed by atoms with E-state index >= 15 is 0 Å². The van der Waals surface area contributed by atoms with Gasteiger partial charge in [0.05, 0.1) is 25.4 Å². The zero-order valence-electron chi connectivity index (χ0n) is 10.3. The molecular weight excluding hydrogens is 244 g/mol. The number of carbonyl (C=O) groups excluding carboxylic acids is 1. The maximum absolute atomic E-state index is 11.4. The number of methoxy groups -OCH3 is 1. The van der Waals surface area contributed by atoms with Crippen molar-refractivity contribution >= 4 is 16.1 Å². The smallest absolute Gasteiger partial charge is 0.308 e. The first kappa shape index (κ1) is 12.8. The maximum Gasteiger partial charge on any atom is 0.308 e. The van der Waals surface area contributed by atoms with Gasteiger partial charge in [0, 0.05) is 0 Å². The summed E-state index contributed by atoms with van der Waals surface area (Å²) in [5.74, 6) is 0.938. The number of hydrogen-bond donors (Lipinski definition) is 0. The quantitative estimate of drug-likeness (QED) is 0.553. The highest BCUT2D eigenvalue weighted by Crippen LogP contribution is 2.61. The second-order valence-electron chi connectivity index (χ2n) is 5.11. The topological polar surface area (TPSA) is 69.7 Å². The molecule has 0 aromatic rings. The summed E-state index contributed by atoms with van der Waals surface area (Å²) in [6.07, 6.45) is 2.36. The van der Waals surface area contributed by atoms with Crippen LogP contribution in [0.5, 0.6) is 0 Å². The molecule has 0 aromatic heterocycles. The number of hydrogen-bond acceptors (Lipinski definition) is 5. The lowest BCUT2D eigenvalue weighted by atomic mass is 9.98. The van der Waals surface area contributed by atoms with Crippen LogP contribution in [0.3, 0.4) is 0 Å². The summed E-state index contributed by atoms with van der Waals surface area (Å²) in [5.41, 5.74) is 0. The van der Waals surface area contributed by atoms with E-state index in [9.17, 15) is 13.2 Å². The van der Waals surface area contributed by atoms with E-state index in [-0.39, 0.29) is 18.0 Å². The lowest BCUT2D eigenvalue weighted by Crippen LogP contribution is -2.21. The van der Waals surface area contributed by atoms with Crippen molar-refractivity contribution < 1.29 is 22.1 Å². The van der Waals surface area contributed by atoms with Gasteiger partial charge in [-0.15, -0.1) is 0 Å². The molecule has 0 bridgehead atoms. The maximum atomic E-state index is 11.4. The Hall–Kier alpha value is -0.620. The normalized spacial score (nSPS) is 37.4. The zero-order chi connectivity index (χ0) is 12.8. The second-order valence-corrected chi connectivity index (χ2v) is 6.71. The predicted octanol–water partition coefficient (Wildman–Crippen LogP) is 0.796. The van der Waals surface area contributed by atoms with Crippen molar-refractivity contribution in [3.05, 3.63) is 0 Å². The van der Waals surface area contributed by atoms with Crippen molar-refractivity contribution in [2.75, 3.05) is 13.4 Å². The molecule has 2 rings (SSSR count). The van der Waals surface area contributed by atoms with Crippen molar-refractivity contribution in [1.29, 1.82) is 0 Å². The molecule has 0 radical (unpaired) electrons. The van der Waals surface area contributed by atoms with Crippen LogP contribution in [-0.2, 0) is 23.8 Å². The monoisotopic (exact) mass is 262 g/mol. The van der Waals surface area contributed by atoms with Gasteiger partial charge < -0.3 is 4.74 Å². The first-order valence-corrected chi connectivity index (χ1v) is 7.61. The minimum Gasteiger partial charge on any atom is -0.469 e. The third-order valence-electron chi connectivity index (χ3n) is 3.93. The third-order valence-corrected chi connectivity index (χ3v) is 4.55. The molecule has 0 aliphatic heterocycles. The van der Waals surface area contributed by atoms with Crippen LogP contribution in [0.15, 0.2) is 0 Å². The van der Waals surface area contributed by atoms with Gasteiger partial charge >= 0.3 is 5.97 Å². The average molecular weight is 262 g/mol. The lowest BCUT2D eigenvalue weighted by molar-refractivity contribution is -0.145. The van der Waals surface area contributed by atoms with E-state index in [1.165, 1.54) is 7.11 Å². The van der Waals surface area contributed by atoms with Gasteiger partial charge in [0.25, 0.3) is 10.1 Å². The summed E-state index contributed by atoms with van der Waals surface area (Å²) in [6, 6.07) is 0. The van der Waals surface area contributed by atoms with Gasteiger partial charge in [0.1, 0.15) is 0 Å². The van der Waals surface area contributed by atoms with Crippen LogP contribution < -0.4 is 0 Å². The van der Waals surface area contributed by atoms with Crippen molar-refractivity contribution in [2.24, 2.45) is 23.7 Å². The summed E-state index contributed by atoms with van der Waals surface area (Å²) in [6.45, 7) is 1.88. The molecule has 0 N–H and O–H groups in total. The van der Waals surface area contributed by atoms with Gasteiger partial charge in [-0.25, -0.2) is 0 Å². The highest BCUT2D eigenvalue weighted by atomic mass is 32.2. The molecule has 0 spiro atoms. The van der Waals surface area contributed by atoms with Crippen molar-refractivity contribution in [2.45, 2.75) is 25.9 Å². The van der Waals surface area contributed by atoms with Gasteiger partial charge in [0.2, 0.25) is 0 Å². The largest absolute Gasteiger partial charge is 0.469 e. The van der Waals surface area contributed by atoms with Crippen molar-refractivity contribution in [3.8, 4) is 0 Å². The zero-order valence-corrected chi connectivity index (χ0v) is 11.1. The molecule has 98 valence electrons. The predicted molar refractivity (Wildman–Crippen MR) is 60.6 cm³/mol. The minimum atomic E-state index is -3.36. The Morgan fingerprint density at radius 3 is 2.24 bits per heavy atom. The van der Waals surface area contributed by atoms with Crippen LogP contribution in [0, 0.1) is 23.7 Å². The van der Waals surface area contributed by atoms with Crippen molar-refractivity contribution in [1.82, 2.24) is 0 Å². The molecule has 2 saturated carbocycles. The van der Waals surface area contributed by atoms with Crippen LogP contribution in [0.2, 0.25) is 0 Å². The molecule has 5 atom stereocenters. The van der Waals surface area contributed by atoms with Crippen LogP contribution in [0.4, 0.5) is 0 Å². The highest BCUT2D eigenvalue weighted by molar-refractivity contribution is 7.86. The molecule has 0 amide bonds. The van der Waals surface area contributed by atoms with Gasteiger partial charge in [-0.2, -0.15) is 8.42 Å². The Morgan fingerprint density at radius 1 is 1.29 bits per heavy atom. The summed E-state index contributed by atoms with van der Waals surface area (Å²) in [5, 5.41) is 0. The first-order chi connectivity index (χ1) is 7.83. The molecular formula is C11H18O5S. The highest BCUT2D eigenvalue weighted by Gasteiger charge is 2.60. The van der Waals surface area contributed by atoms with Crippen molar-refractivity contribution in [3.63, 3.8) is 0 Å². The average Bonchev–Trinajstić information content (AvgIpc) is 2.71. The Bertz CT molecular complexity index is 404. The Labute approximate surface area is 102 Å². The summed E-state index contributed by atoms with van der Waals surface area (Å²) >= 11 is 0. The fourth-order valence-electron chi connectivity index (χ4n) is 3.25. The molecule has 1 unspecified atom stereocenters. The van der Waals surface area contributed by atoms with E-state index in [0.717, 1.165) is 19.1 Å². The number of esters is 1. The van der Waals surface area contributed by atoms with Crippen LogP contribution in [-0.4, -0.2) is 33.9 Å². The second kappa shape index (κ2) is 4.24. The molecule has 17 heavy (non-hydrogen) atoms. The summed E-state index contributed by atoms with van der Waals surface area (Å²) in [7, 11) is -1.97. The van der Waals surface area contributed by atoms with E-state index in [0.29, 0.717) is 17.8 Å². The molecule has 2 fully saturated rings. The van der Waals surface area contributed by atoms with Crippen LogP contribution in [0.25, 0.3) is 0 Å². The van der Waals surface area contributed by atoms with E-state index < -0.39 is 10.1 Å². The number of rotatable bonds is 4. The molecule has 2 aliphatic carbocycles. The summed E-state index contributed by atoms with van der Waals surface area (Å²) in [4.78, 5) is 11.4. The molecule has 6 heteroatoms. The number of carbonyl (C=O) groups is 1. The fraction of sp³-hybridized carbons (Fsp3) is 0.909. The fourth-order valence-corrected chi connectivity index (χ4v) is 3.90.